The minimum atomic E-state index is -0.124. The van der Waals surface area contributed by atoms with Crippen LogP contribution in [-0.4, -0.2) is 15.0 Å². The molecule has 4 rings (SSSR count). The molecule has 2 heterocycles. The van der Waals surface area contributed by atoms with Gasteiger partial charge in [0.1, 0.15) is 24.0 Å². The molecule has 0 aliphatic rings. The van der Waals surface area contributed by atoms with E-state index in [2.05, 4.69) is 20.3 Å². The second-order valence-electron chi connectivity index (χ2n) is 7.33. The molecule has 0 saturated carbocycles. The molecule has 0 amide bonds. The first-order chi connectivity index (χ1) is 15.1. The predicted octanol–water partition coefficient (Wildman–Crippen LogP) is 4.64. The van der Waals surface area contributed by atoms with E-state index in [-0.39, 0.29) is 5.56 Å². The molecular weight excluding hydrogens is 388 g/mol. The maximum Gasteiger partial charge on any atom is 0.254 e. The number of rotatable bonds is 7. The van der Waals surface area contributed by atoms with Crippen LogP contribution in [0.4, 0.5) is 5.82 Å². The SMILES string of the molecule is Cc1nc(-c2ccc(NCc3ccc(OCc4ccccc4)cc3)nc2)[nH]c(=O)c1C. The van der Waals surface area contributed by atoms with Crippen LogP contribution in [0.25, 0.3) is 11.4 Å². The van der Waals surface area contributed by atoms with Gasteiger partial charge in [-0.25, -0.2) is 9.97 Å². The molecule has 4 aromatic rings. The summed E-state index contributed by atoms with van der Waals surface area (Å²) in [7, 11) is 0. The predicted molar refractivity (Wildman–Crippen MR) is 122 cm³/mol. The number of anilines is 1. The van der Waals surface area contributed by atoms with Crippen molar-refractivity contribution in [1.82, 2.24) is 15.0 Å². The molecule has 31 heavy (non-hydrogen) atoms. The van der Waals surface area contributed by atoms with Crippen molar-refractivity contribution in [2.75, 3.05) is 5.32 Å². The Kier molecular flexibility index (Phi) is 6.08. The molecule has 0 aliphatic carbocycles. The van der Waals surface area contributed by atoms with Crippen molar-refractivity contribution >= 4 is 5.82 Å². The lowest BCUT2D eigenvalue weighted by molar-refractivity contribution is 0.306. The Labute approximate surface area is 181 Å². The Balaban J connectivity index is 1.33. The van der Waals surface area contributed by atoms with Gasteiger partial charge in [0.15, 0.2) is 0 Å². The van der Waals surface area contributed by atoms with E-state index < -0.39 is 0 Å². The van der Waals surface area contributed by atoms with Gasteiger partial charge >= 0.3 is 0 Å². The molecule has 6 heteroatoms. The van der Waals surface area contributed by atoms with Crippen LogP contribution in [0, 0.1) is 13.8 Å². The molecule has 2 N–H and O–H groups in total. The van der Waals surface area contributed by atoms with Gasteiger partial charge in [0.05, 0.1) is 0 Å². The van der Waals surface area contributed by atoms with E-state index in [1.165, 1.54) is 0 Å². The first-order valence-electron chi connectivity index (χ1n) is 10.1. The van der Waals surface area contributed by atoms with Crippen molar-refractivity contribution in [1.29, 1.82) is 0 Å². The first-order valence-corrected chi connectivity index (χ1v) is 10.1. The number of hydrogen-bond donors (Lipinski definition) is 2. The van der Waals surface area contributed by atoms with Crippen LogP contribution in [0.5, 0.6) is 5.75 Å². The molecule has 2 aromatic heterocycles. The third-order valence-corrected chi connectivity index (χ3v) is 5.08. The number of pyridine rings is 1. The van der Waals surface area contributed by atoms with Gasteiger partial charge in [0.2, 0.25) is 0 Å². The summed E-state index contributed by atoms with van der Waals surface area (Å²) in [5.41, 5.74) is 4.26. The fourth-order valence-electron chi connectivity index (χ4n) is 3.06. The topological polar surface area (TPSA) is 79.9 Å². The second-order valence-corrected chi connectivity index (χ2v) is 7.33. The Morgan fingerprint density at radius 3 is 2.39 bits per heavy atom. The van der Waals surface area contributed by atoms with E-state index in [0.717, 1.165) is 34.0 Å². The standard InChI is InChI=1S/C25H24N4O2/c1-17-18(2)28-24(29-25(17)30)21-10-13-23(27-15-21)26-14-19-8-11-22(12-9-19)31-16-20-6-4-3-5-7-20/h3-13,15H,14,16H2,1-2H3,(H,26,27)(H,28,29,30). The molecule has 0 radical (unpaired) electrons. The number of aromatic nitrogens is 3. The van der Waals surface area contributed by atoms with Crippen molar-refractivity contribution in [3.05, 3.63) is 106 Å². The highest BCUT2D eigenvalue weighted by Crippen LogP contribution is 2.17. The van der Waals surface area contributed by atoms with Crippen LogP contribution >= 0.6 is 0 Å². The van der Waals surface area contributed by atoms with Gasteiger partial charge in [0.25, 0.3) is 5.56 Å². The molecule has 0 atom stereocenters. The summed E-state index contributed by atoms with van der Waals surface area (Å²) in [5.74, 6) is 2.11. The highest BCUT2D eigenvalue weighted by molar-refractivity contribution is 5.56. The van der Waals surface area contributed by atoms with E-state index in [1.807, 2.05) is 73.7 Å². The smallest absolute Gasteiger partial charge is 0.254 e. The summed E-state index contributed by atoms with van der Waals surface area (Å²) in [5, 5.41) is 3.30. The van der Waals surface area contributed by atoms with Crippen molar-refractivity contribution in [3.8, 4) is 17.1 Å². The van der Waals surface area contributed by atoms with Gasteiger partial charge in [-0.3, -0.25) is 4.79 Å². The summed E-state index contributed by atoms with van der Waals surface area (Å²) in [6, 6.07) is 21.9. The molecule has 6 nitrogen and oxygen atoms in total. The van der Waals surface area contributed by atoms with Crippen LogP contribution in [-0.2, 0) is 13.2 Å². The van der Waals surface area contributed by atoms with E-state index >= 15 is 0 Å². The minimum absolute atomic E-state index is 0.124. The summed E-state index contributed by atoms with van der Waals surface area (Å²) in [6.45, 7) is 4.78. The van der Waals surface area contributed by atoms with Gasteiger partial charge in [-0.05, 0) is 49.2 Å². The highest BCUT2D eigenvalue weighted by Gasteiger charge is 2.06. The Morgan fingerprint density at radius 1 is 0.935 bits per heavy atom. The second kappa shape index (κ2) is 9.26. The average Bonchev–Trinajstić information content (AvgIpc) is 2.81. The first kappa shape index (κ1) is 20.3. The fraction of sp³-hybridized carbons (Fsp3) is 0.160. The largest absolute Gasteiger partial charge is 0.489 e. The maximum absolute atomic E-state index is 12.0. The van der Waals surface area contributed by atoms with Gasteiger partial charge in [-0.2, -0.15) is 0 Å². The Bertz CT molecular complexity index is 1200. The summed E-state index contributed by atoms with van der Waals surface area (Å²) >= 11 is 0. The van der Waals surface area contributed by atoms with Crippen LogP contribution in [0.1, 0.15) is 22.4 Å². The molecule has 0 saturated heterocycles. The Morgan fingerprint density at radius 2 is 1.71 bits per heavy atom. The fourth-order valence-corrected chi connectivity index (χ4v) is 3.06. The van der Waals surface area contributed by atoms with Crippen molar-refractivity contribution in [3.63, 3.8) is 0 Å². The molecular formula is C25H24N4O2. The summed E-state index contributed by atoms with van der Waals surface area (Å²) in [4.78, 5) is 23.6. The molecule has 2 aromatic carbocycles. The van der Waals surface area contributed by atoms with Crippen molar-refractivity contribution < 1.29 is 4.74 Å². The monoisotopic (exact) mass is 412 g/mol. The number of hydrogen-bond acceptors (Lipinski definition) is 5. The van der Waals surface area contributed by atoms with Crippen LogP contribution in [0.2, 0.25) is 0 Å². The van der Waals surface area contributed by atoms with E-state index in [0.29, 0.717) is 24.5 Å². The molecule has 0 bridgehead atoms. The zero-order valence-corrected chi connectivity index (χ0v) is 17.6. The van der Waals surface area contributed by atoms with Gasteiger partial charge < -0.3 is 15.0 Å². The maximum atomic E-state index is 12.0. The van der Waals surface area contributed by atoms with E-state index in [9.17, 15) is 4.79 Å². The zero-order chi connectivity index (χ0) is 21.6. The van der Waals surface area contributed by atoms with Gasteiger partial charge in [-0.1, -0.05) is 42.5 Å². The molecule has 0 aliphatic heterocycles. The Hall–Kier alpha value is -3.93. The third kappa shape index (κ3) is 5.17. The number of aryl methyl sites for hydroxylation is 1. The number of benzene rings is 2. The minimum Gasteiger partial charge on any atom is -0.489 e. The number of aromatic amines is 1. The van der Waals surface area contributed by atoms with Crippen molar-refractivity contribution in [2.45, 2.75) is 27.0 Å². The third-order valence-electron chi connectivity index (χ3n) is 5.08. The summed E-state index contributed by atoms with van der Waals surface area (Å²) in [6.07, 6.45) is 1.70. The lowest BCUT2D eigenvalue weighted by atomic mass is 10.2. The van der Waals surface area contributed by atoms with Crippen molar-refractivity contribution in [2.24, 2.45) is 0 Å². The van der Waals surface area contributed by atoms with Crippen LogP contribution in [0.3, 0.4) is 0 Å². The lowest BCUT2D eigenvalue weighted by Gasteiger charge is -2.09. The van der Waals surface area contributed by atoms with Crippen LogP contribution in [0.15, 0.2) is 77.7 Å². The average molecular weight is 412 g/mol. The van der Waals surface area contributed by atoms with Gasteiger partial charge in [-0.15, -0.1) is 0 Å². The molecule has 0 fully saturated rings. The number of nitrogens with one attached hydrogen (secondary N) is 2. The van der Waals surface area contributed by atoms with E-state index in [4.69, 9.17) is 4.74 Å². The quantitative estimate of drug-likeness (QED) is 0.462. The molecule has 156 valence electrons. The number of nitrogens with zero attached hydrogens (tertiary/aromatic N) is 2. The zero-order valence-electron chi connectivity index (χ0n) is 17.6. The number of H-pyrrole nitrogens is 1. The highest BCUT2D eigenvalue weighted by atomic mass is 16.5. The number of ether oxygens (including phenoxy) is 1. The molecule has 0 unspecified atom stereocenters. The van der Waals surface area contributed by atoms with Gasteiger partial charge in [0, 0.05) is 29.6 Å². The normalized spacial score (nSPS) is 10.6. The van der Waals surface area contributed by atoms with Crippen LogP contribution < -0.4 is 15.6 Å². The lowest BCUT2D eigenvalue weighted by Crippen LogP contribution is -2.14. The summed E-state index contributed by atoms with van der Waals surface area (Å²) < 4.78 is 5.83. The van der Waals surface area contributed by atoms with E-state index in [1.54, 1.807) is 13.1 Å². The molecule has 0 spiro atoms.